The molecule has 1 unspecified atom stereocenters. The Morgan fingerprint density at radius 2 is 1.93 bits per heavy atom. The Morgan fingerprint density at radius 3 is 2.70 bits per heavy atom. The minimum absolute atomic E-state index is 0.217. The molecule has 3 aromatic carbocycles. The number of hydrogen-bond donors (Lipinski definition) is 0. The van der Waals surface area contributed by atoms with Crippen LogP contribution in [0.5, 0.6) is 5.75 Å². The number of rotatable bonds is 6. The molecular formula is C22H16ClFN4OS. The van der Waals surface area contributed by atoms with Gasteiger partial charge < -0.3 is 4.74 Å². The summed E-state index contributed by atoms with van der Waals surface area (Å²) in [6, 6.07) is 21.2. The molecule has 0 bridgehead atoms. The molecule has 5 nitrogen and oxygen atoms in total. The highest BCUT2D eigenvalue weighted by atomic mass is 35.5. The lowest BCUT2D eigenvalue weighted by molar-refractivity contribution is 0.306. The summed E-state index contributed by atoms with van der Waals surface area (Å²) in [5.41, 5.74) is 2.43. The van der Waals surface area contributed by atoms with E-state index in [1.165, 1.54) is 12.1 Å². The van der Waals surface area contributed by atoms with Crippen LogP contribution in [0.25, 0.3) is 0 Å². The van der Waals surface area contributed by atoms with E-state index in [4.69, 9.17) is 28.6 Å². The van der Waals surface area contributed by atoms with E-state index in [2.05, 4.69) is 15.3 Å². The van der Waals surface area contributed by atoms with Crippen LogP contribution in [-0.2, 0) is 6.61 Å². The highest BCUT2D eigenvalue weighted by Crippen LogP contribution is 2.29. The highest BCUT2D eigenvalue weighted by Gasteiger charge is 2.27. The summed E-state index contributed by atoms with van der Waals surface area (Å²) in [6.45, 7) is 0.217. The van der Waals surface area contributed by atoms with E-state index in [9.17, 15) is 4.39 Å². The van der Waals surface area contributed by atoms with E-state index in [0.29, 0.717) is 15.9 Å². The van der Waals surface area contributed by atoms with Gasteiger partial charge in [-0.1, -0.05) is 54.1 Å². The van der Waals surface area contributed by atoms with Crippen LogP contribution in [0.3, 0.4) is 0 Å². The molecule has 150 valence electrons. The zero-order valence-corrected chi connectivity index (χ0v) is 17.2. The quantitative estimate of drug-likeness (QED) is 0.343. The molecule has 4 rings (SSSR count). The maximum atomic E-state index is 13.3. The van der Waals surface area contributed by atoms with Crippen LogP contribution in [0.2, 0.25) is 5.02 Å². The third-order valence-electron chi connectivity index (χ3n) is 4.35. The maximum Gasteiger partial charge on any atom is 0.238 e. The molecule has 0 radical (unpaired) electrons. The van der Waals surface area contributed by atoms with Gasteiger partial charge in [-0.15, -0.1) is 5.11 Å². The summed E-state index contributed by atoms with van der Waals surface area (Å²) in [7, 11) is 0. The summed E-state index contributed by atoms with van der Waals surface area (Å²) in [6.07, 6.45) is 1.25. The molecule has 1 aliphatic rings. The molecular weight excluding hydrogens is 423 g/mol. The lowest BCUT2D eigenvalue weighted by Gasteiger charge is -2.17. The fraction of sp³-hybridized carbons (Fsp3) is 0.0909. The predicted molar refractivity (Wildman–Crippen MR) is 118 cm³/mol. The number of hydrazone groups is 1. The molecule has 1 atom stereocenters. The second kappa shape index (κ2) is 9.11. The molecule has 30 heavy (non-hydrogen) atoms. The van der Waals surface area contributed by atoms with Gasteiger partial charge in [0.15, 0.2) is 6.17 Å². The average molecular weight is 439 g/mol. The van der Waals surface area contributed by atoms with Gasteiger partial charge in [0.2, 0.25) is 5.11 Å². The van der Waals surface area contributed by atoms with Crippen molar-refractivity contribution in [1.82, 2.24) is 5.01 Å². The molecule has 8 heteroatoms. The highest BCUT2D eigenvalue weighted by molar-refractivity contribution is 7.80. The topological polar surface area (TPSA) is 49.5 Å². The van der Waals surface area contributed by atoms with Gasteiger partial charge in [-0.05, 0) is 53.7 Å². The number of ether oxygens (including phenoxy) is 1. The van der Waals surface area contributed by atoms with Gasteiger partial charge in [-0.3, -0.25) is 0 Å². The standard InChI is InChI=1S/C22H16ClFN4OS/c23-19-12-15(9-10-20(19)29-14-16-5-4-8-18(24)11-16)13-25-28-21(26-27-22(28)30)17-6-2-1-3-7-17/h1-13,21H,14H2. The third kappa shape index (κ3) is 4.69. The first-order valence-corrected chi connectivity index (χ1v) is 9.88. The van der Waals surface area contributed by atoms with Crippen molar-refractivity contribution in [2.75, 3.05) is 0 Å². The normalized spacial score (nSPS) is 15.9. The first-order chi connectivity index (χ1) is 14.6. The van der Waals surface area contributed by atoms with E-state index >= 15 is 0 Å². The lowest BCUT2D eigenvalue weighted by atomic mass is 10.2. The summed E-state index contributed by atoms with van der Waals surface area (Å²) in [5.74, 6) is 0.197. The average Bonchev–Trinajstić information content (AvgIpc) is 3.12. The lowest BCUT2D eigenvalue weighted by Crippen LogP contribution is -2.21. The molecule has 1 heterocycles. The van der Waals surface area contributed by atoms with Crippen molar-refractivity contribution in [3.05, 3.63) is 100 Å². The van der Waals surface area contributed by atoms with Gasteiger partial charge in [0, 0.05) is 5.56 Å². The van der Waals surface area contributed by atoms with Crippen molar-refractivity contribution in [2.45, 2.75) is 12.8 Å². The second-order valence-corrected chi connectivity index (χ2v) is 7.25. The Bertz CT molecular complexity index is 1120. The molecule has 0 N–H and O–H groups in total. The van der Waals surface area contributed by atoms with Crippen molar-refractivity contribution < 1.29 is 9.13 Å². The fourth-order valence-electron chi connectivity index (χ4n) is 2.88. The van der Waals surface area contributed by atoms with E-state index in [-0.39, 0.29) is 18.6 Å². The van der Waals surface area contributed by atoms with Gasteiger partial charge >= 0.3 is 0 Å². The van der Waals surface area contributed by atoms with Crippen LogP contribution in [0, 0.1) is 5.82 Å². The van der Waals surface area contributed by atoms with E-state index < -0.39 is 0 Å². The van der Waals surface area contributed by atoms with Crippen molar-refractivity contribution >= 4 is 35.1 Å². The van der Waals surface area contributed by atoms with Crippen molar-refractivity contribution in [2.24, 2.45) is 15.3 Å². The summed E-state index contributed by atoms with van der Waals surface area (Å²) < 4.78 is 19.0. The van der Waals surface area contributed by atoms with Crippen LogP contribution < -0.4 is 4.74 Å². The predicted octanol–water partition coefficient (Wildman–Crippen LogP) is 6.14. The zero-order chi connectivity index (χ0) is 20.9. The van der Waals surface area contributed by atoms with Gasteiger partial charge in [0.25, 0.3) is 0 Å². The summed E-state index contributed by atoms with van der Waals surface area (Å²) in [5, 5.41) is 14.9. The van der Waals surface area contributed by atoms with Crippen molar-refractivity contribution in [1.29, 1.82) is 0 Å². The van der Waals surface area contributed by atoms with Crippen molar-refractivity contribution in [3.8, 4) is 5.75 Å². The second-order valence-electron chi connectivity index (χ2n) is 6.48. The van der Waals surface area contributed by atoms with Gasteiger partial charge in [0.05, 0.1) is 11.2 Å². The molecule has 1 aliphatic heterocycles. The van der Waals surface area contributed by atoms with Crippen LogP contribution in [0.1, 0.15) is 22.9 Å². The number of thiocarbonyl (C=S) groups is 1. The molecule has 0 saturated carbocycles. The minimum atomic E-state index is -0.390. The molecule has 0 saturated heterocycles. The largest absolute Gasteiger partial charge is 0.487 e. The van der Waals surface area contributed by atoms with Crippen LogP contribution >= 0.6 is 23.8 Å². The van der Waals surface area contributed by atoms with Gasteiger partial charge in [-0.25, -0.2) is 9.40 Å². The molecule has 0 spiro atoms. The SMILES string of the molecule is Fc1cccc(COc2ccc(C=NN3C(=S)N=NC3c3ccccc3)cc2Cl)c1. The monoisotopic (exact) mass is 438 g/mol. The van der Waals surface area contributed by atoms with E-state index in [0.717, 1.165) is 16.7 Å². The maximum absolute atomic E-state index is 13.3. The Morgan fingerprint density at radius 1 is 1.10 bits per heavy atom. The Kier molecular flexibility index (Phi) is 6.11. The Hall–Kier alpha value is -3.16. The van der Waals surface area contributed by atoms with Gasteiger partial charge in [0.1, 0.15) is 18.2 Å². The molecule has 0 fully saturated rings. The first-order valence-electron chi connectivity index (χ1n) is 9.10. The first kappa shape index (κ1) is 20.1. The van der Waals surface area contributed by atoms with Crippen LogP contribution in [0.4, 0.5) is 4.39 Å². The zero-order valence-electron chi connectivity index (χ0n) is 15.7. The van der Waals surface area contributed by atoms with Gasteiger partial charge in [-0.2, -0.15) is 10.2 Å². The van der Waals surface area contributed by atoms with E-state index in [1.807, 2.05) is 36.4 Å². The number of azo groups is 1. The fourth-order valence-corrected chi connectivity index (χ4v) is 3.32. The molecule has 0 aromatic heterocycles. The smallest absolute Gasteiger partial charge is 0.238 e. The number of hydrogen-bond acceptors (Lipinski definition) is 4. The Balaban J connectivity index is 1.45. The molecule has 0 amide bonds. The van der Waals surface area contributed by atoms with Crippen LogP contribution in [0.15, 0.2) is 88.1 Å². The van der Waals surface area contributed by atoms with Crippen molar-refractivity contribution in [3.63, 3.8) is 0 Å². The number of nitrogens with zero attached hydrogens (tertiary/aromatic N) is 4. The van der Waals surface area contributed by atoms with E-state index in [1.54, 1.807) is 35.5 Å². The number of benzene rings is 3. The summed E-state index contributed by atoms with van der Waals surface area (Å²) >= 11 is 11.6. The number of halogens is 2. The molecule has 0 aliphatic carbocycles. The minimum Gasteiger partial charge on any atom is -0.487 e. The summed E-state index contributed by atoms with van der Waals surface area (Å²) in [4.78, 5) is 0. The van der Waals surface area contributed by atoms with Crippen LogP contribution in [-0.4, -0.2) is 16.3 Å². The Labute approximate surface area is 183 Å². The third-order valence-corrected chi connectivity index (χ3v) is 4.91. The molecule has 3 aromatic rings.